The van der Waals surface area contributed by atoms with E-state index in [2.05, 4.69) is 36.7 Å². The van der Waals surface area contributed by atoms with Crippen LogP contribution in [0.15, 0.2) is 0 Å². The molecule has 0 N–H and O–H groups in total. The molecule has 1 aliphatic rings. The van der Waals surface area contributed by atoms with E-state index in [9.17, 15) is 0 Å². The molecule has 0 aromatic heterocycles. The minimum absolute atomic E-state index is 0.388. The zero-order valence-electron chi connectivity index (χ0n) is 8.98. The second-order valence-electron chi connectivity index (χ2n) is 5.14. The maximum absolute atomic E-state index is 5.36. The van der Waals surface area contributed by atoms with Gasteiger partial charge in [0.1, 0.15) is 0 Å². The lowest BCUT2D eigenvalue weighted by Gasteiger charge is -2.26. The standard InChI is InChI=1S/C11H21BrO/c1-11(2,3)10(12)5-4-9-6-7-13-8-9/h9-10H,4-8H2,1-3H3. The first kappa shape index (κ1) is 11.5. The Hall–Kier alpha value is 0.440. The molecule has 0 aliphatic carbocycles. The van der Waals surface area contributed by atoms with Gasteiger partial charge in [-0.25, -0.2) is 0 Å². The molecule has 0 radical (unpaired) electrons. The molecule has 2 unspecified atom stereocenters. The van der Waals surface area contributed by atoms with E-state index < -0.39 is 0 Å². The Labute approximate surface area is 90.4 Å². The van der Waals surface area contributed by atoms with Gasteiger partial charge in [0, 0.05) is 18.0 Å². The van der Waals surface area contributed by atoms with Crippen molar-refractivity contribution in [1.29, 1.82) is 0 Å². The highest BCUT2D eigenvalue weighted by molar-refractivity contribution is 9.09. The van der Waals surface area contributed by atoms with Crippen molar-refractivity contribution < 1.29 is 4.74 Å². The molecule has 0 aromatic rings. The van der Waals surface area contributed by atoms with Crippen LogP contribution >= 0.6 is 15.9 Å². The predicted molar refractivity (Wildman–Crippen MR) is 60.3 cm³/mol. The van der Waals surface area contributed by atoms with Crippen molar-refractivity contribution in [2.24, 2.45) is 11.3 Å². The van der Waals surface area contributed by atoms with Gasteiger partial charge in [-0.05, 0) is 30.6 Å². The smallest absolute Gasteiger partial charge is 0.0495 e. The highest BCUT2D eigenvalue weighted by atomic mass is 79.9. The van der Waals surface area contributed by atoms with E-state index in [1.165, 1.54) is 19.3 Å². The first-order valence-corrected chi connectivity index (χ1v) is 6.13. The van der Waals surface area contributed by atoms with Crippen molar-refractivity contribution in [2.75, 3.05) is 13.2 Å². The molecule has 2 atom stereocenters. The molecule has 0 aromatic carbocycles. The van der Waals surface area contributed by atoms with E-state index in [-0.39, 0.29) is 0 Å². The fourth-order valence-electron chi connectivity index (χ4n) is 1.63. The van der Waals surface area contributed by atoms with Crippen molar-refractivity contribution in [1.82, 2.24) is 0 Å². The number of alkyl halides is 1. The van der Waals surface area contributed by atoms with Crippen LogP contribution in [-0.4, -0.2) is 18.0 Å². The monoisotopic (exact) mass is 248 g/mol. The van der Waals surface area contributed by atoms with Crippen molar-refractivity contribution in [2.45, 2.75) is 44.9 Å². The molecule has 1 nitrogen and oxygen atoms in total. The molecule has 2 heteroatoms. The highest BCUT2D eigenvalue weighted by Gasteiger charge is 2.23. The average molecular weight is 249 g/mol. The van der Waals surface area contributed by atoms with E-state index in [0.29, 0.717) is 10.2 Å². The molecule has 1 saturated heterocycles. The lowest BCUT2D eigenvalue weighted by atomic mass is 9.87. The normalized spacial score (nSPS) is 26.3. The average Bonchev–Trinajstić information content (AvgIpc) is 2.50. The van der Waals surface area contributed by atoms with Crippen LogP contribution in [0.2, 0.25) is 0 Å². The summed E-state index contributed by atoms with van der Waals surface area (Å²) in [6, 6.07) is 0. The van der Waals surface area contributed by atoms with Gasteiger partial charge in [0.05, 0.1) is 0 Å². The molecule has 0 bridgehead atoms. The van der Waals surface area contributed by atoms with E-state index in [1.54, 1.807) is 0 Å². The van der Waals surface area contributed by atoms with Crippen LogP contribution in [0.3, 0.4) is 0 Å². The highest BCUT2D eigenvalue weighted by Crippen LogP contribution is 2.31. The van der Waals surface area contributed by atoms with E-state index >= 15 is 0 Å². The van der Waals surface area contributed by atoms with E-state index in [1.807, 2.05) is 0 Å². The first-order valence-electron chi connectivity index (χ1n) is 5.22. The number of hydrogen-bond acceptors (Lipinski definition) is 1. The van der Waals surface area contributed by atoms with Crippen LogP contribution in [-0.2, 0) is 4.74 Å². The molecule has 0 spiro atoms. The maximum atomic E-state index is 5.36. The van der Waals surface area contributed by atoms with Gasteiger partial charge in [-0.2, -0.15) is 0 Å². The van der Waals surface area contributed by atoms with E-state index in [0.717, 1.165) is 19.1 Å². The summed E-state index contributed by atoms with van der Waals surface area (Å²) < 4.78 is 5.36. The minimum Gasteiger partial charge on any atom is -0.381 e. The third-order valence-corrected chi connectivity index (χ3v) is 4.62. The predicted octanol–water partition coefficient (Wildman–Crippen LogP) is 3.61. The van der Waals surface area contributed by atoms with Gasteiger partial charge >= 0.3 is 0 Å². The Morgan fingerprint density at radius 3 is 2.62 bits per heavy atom. The largest absolute Gasteiger partial charge is 0.381 e. The first-order chi connectivity index (χ1) is 6.00. The lowest BCUT2D eigenvalue weighted by Crippen LogP contribution is -2.21. The quantitative estimate of drug-likeness (QED) is 0.694. The SMILES string of the molecule is CC(C)(C)C(Br)CCC1CCOC1. The zero-order valence-corrected chi connectivity index (χ0v) is 10.6. The lowest BCUT2D eigenvalue weighted by molar-refractivity contribution is 0.183. The number of halogens is 1. The molecular weight excluding hydrogens is 228 g/mol. The third kappa shape index (κ3) is 3.99. The van der Waals surface area contributed by atoms with E-state index in [4.69, 9.17) is 4.74 Å². The van der Waals surface area contributed by atoms with Gasteiger partial charge in [0.2, 0.25) is 0 Å². The van der Waals surface area contributed by atoms with Gasteiger partial charge in [-0.1, -0.05) is 36.7 Å². The van der Waals surface area contributed by atoms with Crippen LogP contribution in [0.25, 0.3) is 0 Å². The molecule has 1 aliphatic heterocycles. The molecule has 1 heterocycles. The third-order valence-electron chi connectivity index (χ3n) is 2.79. The van der Waals surface area contributed by atoms with Crippen molar-refractivity contribution in [3.8, 4) is 0 Å². The minimum atomic E-state index is 0.388. The molecule has 1 fully saturated rings. The Morgan fingerprint density at radius 2 is 2.15 bits per heavy atom. The van der Waals surface area contributed by atoms with Gasteiger partial charge in [-0.3, -0.25) is 0 Å². The van der Waals surface area contributed by atoms with Gasteiger partial charge in [0.15, 0.2) is 0 Å². The molecule has 78 valence electrons. The van der Waals surface area contributed by atoms with Crippen LogP contribution in [0.5, 0.6) is 0 Å². The molecule has 1 rings (SSSR count). The summed E-state index contributed by atoms with van der Waals surface area (Å²) in [5, 5.41) is 0. The number of hydrogen-bond donors (Lipinski definition) is 0. The second-order valence-corrected chi connectivity index (χ2v) is 6.25. The Morgan fingerprint density at radius 1 is 1.46 bits per heavy atom. The van der Waals surface area contributed by atoms with Gasteiger partial charge in [0.25, 0.3) is 0 Å². The summed E-state index contributed by atoms with van der Waals surface area (Å²) >= 11 is 3.76. The summed E-state index contributed by atoms with van der Waals surface area (Å²) in [4.78, 5) is 0.639. The van der Waals surface area contributed by atoms with Crippen molar-refractivity contribution >= 4 is 15.9 Å². The maximum Gasteiger partial charge on any atom is 0.0495 e. The van der Waals surface area contributed by atoms with Crippen LogP contribution < -0.4 is 0 Å². The number of rotatable bonds is 3. The summed E-state index contributed by atoms with van der Waals surface area (Å²) in [5.41, 5.74) is 0.388. The zero-order chi connectivity index (χ0) is 9.90. The van der Waals surface area contributed by atoms with Crippen LogP contribution in [0, 0.1) is 11.3 Å². The molecule has 13 heavy (non-hydrogen) atoms. The van der Waals surface area contributed by atoms with Crippen molar-refractivity contribution in [3.05, 3.63) is 0 Å². The fraction of sp³-hybridized carbons (Fsp3) is 1.00. The molecule has 0 amide bonds. The molecular formula is C11H21BrO. The fourth-order valence-corrected chi connectivity index (χ4v) is 1.89. The second kappa shape index (κ2) is 4.79. The van der Waals surface area contributed by atoms with Crippen LogP contribution in [0.1, 0.15) is 40.0 Å². The summed E-state index contributed by atoms with van der Waals surface area (Å²) in [5.74, 6) is 0.822. The summed E-state index contributed by atoms with van der Waals surface area (Å²) in [7, 11) is 0. The van der Waals surface area contributed by atoms with Crippen LogP contribution in [0.4, 0.5) is 0 Å². The summed E-state index contributed by atoms with van der Waals surface area (Å²) in [6.07, 6.45) is 3.86. The topological polar surface area (TPSA) is 9.23 Å². The van der Waals surface area contributed by atoms with Gasteiger partial charge in [-0.15, -0.1) is 0 Å². The number of ether oxygens (including phenoxy) is 1. The summed E-state index contributed by atoms with van der Waals surface area (Å²) in [6.45, 7) is 8.84. The Kier molecular flexibility index (Phi) is 4.24. The Balaban J connectivity index is 2.17. The van der Waals surface area contributed by atoms with Gasteiger partial charge < -0.3 is 4.74 Å². The molecule has 0 saturated carbocycles. The van der Waals surface area contributed by atoms with Crippen molar-refractivity contribution in [3.63, 3.8) is 0 Å². The Bertz CT molecular complexity index is 145.